The first-order valence-electron chi connectivity index (χ1n) is 6.55. The molecule has 1 aliphatic rings. The Balaban J connectivity index is 2.00. The molecule has 0 spiro atoms. The average molecular weight is 297 g/mol. The van der Waals surface area contributed by atoms with Gasteiger partial charge >= 0.3 is 0 Å². The second kappa shape index (κ2) is 6.41. The molecule has 3 heteroatoms. The van der Waals surface area contributed by atoms with Gasteiger partial charge in [0.1, 0.15) is 0 Å². The predicted molar refractivity (Wildman–Crippen MR) is 77.6 cm³/mol. The SMILES string of the molecule is CCCNCc1ccc(N2CCCC2)c(Br)c1. The second-order valence-corrected chi connectivity index (χ2v) is 5.51. The summed E-state index contributed by atoms with van der Waals surface area (Å²) in [7, 11) is 0. The van der Waals surface area contributed by atoms with E-state index in [1.54, 1.807) is 0 Å². The normalized spacial score (nSPS) is 15.5. The van der Waals surface area contributed by atoms with Gasteiger partial charge < -0.3 is 10.2 Å². The highest BCUT2D eigenvalue weighted by Crippen LogP contribution is 2.29. The van der Waals surface area contributed by atoms with Crippen LogP contribution >= 0.6 is 15.9 Å². The molecule has 0 radical (unpaired) electrons. The molecule has 0 amide bonds. The van der Waals surface area contributed by atoms with Gasteiger partial charge in [0.05, 0.1) is 5.69 Å². The predicted octanol–water partition coefficient (Wildman–Crippen LogP) is 3.55. The van der Waals surface area contributed by atoms with Gasteiger partial charge in [0.25, 0.3) is 0 Å². The minimum Gasteiger partial charge on any atom is -0.371 e. The van der Waals surface area contributed by atoms with Gasteiger partial charge in [0.15, 0.2) is 0 Å². The molecule has 1 aliphatic heterocycles. The fraction of sp³-hybridized carbons (Fsp3) is 0.571. The first-order valence-corrected chi connectivity index (χ1v) is 7.34. The Morgan fingerprint density at radius 1 is 1.29 bits per heavy atom. The van der Waals surface area contributed by atoms with Gasteiger partial charge in [-0.2, -0.15) is 0 Å². The van der Waals surface area contributed by atoms with Crippen molar-refractivity contribution in [2.24, 2.45) is 0 Å². The molecule has 1 aromatic carbocycles. The van der Waals surface area contributed by atoms with Crippen molar-refractivity contribution in [2.75, 3.05) is 24.5 Å². The first-order chi connectivity index (χ1) is 8.31. The summed E-state index contributed by atoms with van der Waals surface area (Å²) >= 11 is 3.70. The maximum Gasteiger partial charge on any atom is 0.0510 e. The van der Waals surface area contributed by atoms with Gasteiger partial charge in [-0.15, -0.1) is 0 Å². The first kappa shape index (κ1) is 12.9. The molecular formula is C14H21BrN2. The lowest BCUT2D eigenvalue weighted by molar-refractivity contribution is 0.675. The van der Waals surface area contributed by atoms with Crippen LogP contribution < -0.4 is 10.2 Å². The molecule has 2 rings (SSSR count). The standard InChI is InChI=1S/C14H21BrN2/c1-2-7-16-11-12-5-6-14(13(15)10-12)17-8-3-4-9-17/h5-6,10,16H,2-4,7-9,11H2,1H3. The van der Waals surface area contributed by atoms with Crippen molar-refractivity contribution in [3.8, 4) is 0 Å². The fourth-order valence-corrected chi connectivity index (χ4v) is 2.96. The minimum absolute atomic E-state index is 0.965. The maximum absolute atomic E-state index is 3.70. The van der Waals surface area contributed by atoms with Crippen molar-refractivity contribution in [1.82, 2.24) is 5.32 Å². The summed E-state index contributed by atoms with van der Waals surface area (Å²) in [5.41, 5.74) is 2.70. The van der Waals surface area contributed by atoms with E-state index in [0.717, 1.165) is 13.1 Å². The smallest absolute Gasteiger partial charge is 0.0510 e. The molecule has 0 unspecified atom stereocenters. The largest absolute Gasteiger partial charge is 0.371 e. The van der Waals surface area contributed by atoms with Crippen molar-refractivity contribution in [1.29, 1.82) is 0 Å². The summed E-state index contributed by atoms with van der Waals surface area (Å²) in [6.07, 6.45) is 3.84. The van der Waals surface area contributed by atoms with Crippen LogP contribution in [0.3, 0.4) is 0 Å². The molecule has 17 heavy (non-hydrogen) atoms. The van der Waals surface area contributed by atoms with E-state index in [1.165, 1.54) is 48.1 Å². The van der Waals surface area contributed by atoms with E-state index >= 15 is 0 Å². The van der Waals surface area contributed by atoms with Crippen LogP contribution in [0.5, 0.6) is 0 Å². The molecule has 0 atom stereocenters. The highest BCUT2D eigenvalue weighted by Gasteiger charge is 2.14. The molecule has 0 aromatic heterocycles. The lowest BCUT2D eigenvalue weighted by Crippen LogP contribution is -2.18. The molecule has 1 N–H and O–H groups in total. The van der Waals surface area contributed by atoms with Crippen molar-refractivity contribution in [3.63, 3.8) is 0 Å². The molecule has 0 bridgehead atoms. The summed E-state index contributed by atoms with van der Waals surface area (Å²) in [5, 5.41) is 3.43. The Kier molecular flexibility index (Phi) is 4.86. The van der Waals surface area contributed by atoms with Crippen LogP contribution in [0.25, 0.3) is 0 Å². The summed E-state index contributed by atoms with van der Waals surface area (Å²) in [4.78, 5) is 2.47. The Labute approximate surface area is 113 Å². The Hall–Kier alpha value is -0.540. The number of nitrogens with one attached hydrogen (secondary N) is 1. The number of rotatable bonds is 5. The fourth-order valence-electron chi connectivity index (χ4n) is 2.28. The number of halogens is 1. The number of anilines is 1. The monoisotopic (exact) mass is 296 g/mol. The van der Waals surface area contributed by atoms with Crippen molar-refractivity contribution >= 4 is 21.6 Å². The van der Waals surface area contributed by atoms with E-state index in [4.69, 9.17) is 0 Å². The van der Waals surface area contributed by atoms with Crippen LogP contribution in [-0.4, -0.2) is 19.6 Å². The summed E-state index contributed by atoms with van der Waals surface area (Å²) in [5.74, 6) is 0. The van der Waals surface area contributed by atoms with Crippen LogP contribution in [0.1, 0.15) is 31.7 Å². The zero-order valence-electron chi connectivity index (χ0n) is 10.5. The van der Waals surface area contributed by atoms with E-state index < -0.39 is 0 Å². The van der Waals surface area contributed by atoms with Crippen LogP contribution in [0, 0.1) is 0 Å². The van der Waals surface area contributed by atoms with E-state index in [9.17, 15) is 0 Å². The lowest BCUT2D eigenvalue weighted by atomic mass is 10.2. The quantitative estimate of drug-likeness (QED) is 0.836. The molecule has 1 aromatic rings. The Morgan fingerprint density at radius 3 is 2.71 bits per heavy atom. The number of hydrogen-bond acceptors (Lipinski definition) is 2. The lowest BCUT2D eigenvalue weighted by Gasteiger charge is -2.19. The molecule has 0 saturated carbocycles. The van der Waals surface area contributed by atoms with Gasteiger partial charge in [-0.1, -0.05) is 13.0 Å². The molecule has 1 heterocycles. The van der Waals surface area contributed by atoms with E-state index in [-0.39, 0.29) is 0 Å². The highest BCUT2D eigenvalue weighted by molar-refractivity contribution is 9.10. The summed E-state index contributed by atoms with van der Waals surface area (Å²) in [6.45, 7) is 6.65. The third kappa shape index (κ3) is 3.46. The van der Waals surface area contributed by atoms with Crippen molar-refractivity contribution < 1.29 is 0 Å². The van der Waals surface area contributed by atoms with Crippen LogP contribution in [-0.2, 0) is 6.54 Å². The van der Waals surface area contributed by atoms with Crippen LogP contribution in [0.15, 0.2) is 22.7 Å². The van der Waals surface area contributed by atoms with Gasteiger partial charge in [-0.05, 0) is 59.4 Å². The van der Waals surface area contributed by atoms with Crippen molar-refractivity contribution in [3.05, 3.63) is 28.2 Å². The summed E-state index contributed by atoms with van der Waals surface area (Å²) in [6, 6.07) is 6.73. The van der Waals surface area contributed by atoms with E-state index in [2.05, 4.69) is 51.3 Å². The molecular weight excluding hydrogens is 276 g/mol. The Bertz CT molecular complexity index is 359. The topological polar surface area (TPSA) is 15.3 Å². The minimum atomic E-state index is 0.965. The zero-order chi connectivity index (χ0) is 12.1. The van der Waals surface area contributed by atoms with Gasteiger partial charge in [-0.3, -0.25) is 0 Å². The van der Waals surface area contributed by atoms with Crippen molar-refractivity contribution in [2.45, 2.75) is 32.7 Å². The molecule has 1 saturated heterocycles. The number of hydrogen-bond donors (Lipinski definition) is 1. The van der Waals surface area contributed by atoms with Crippen LogP contribution in [0.2, 0.25) is 0 Å². The number of benzene rings is 1. The molecule has 94 valence electrons. The van der Waals surface area contributed by atoms with E-state index in [0.29, 0.717) is 0 Å². The Morgan fingerprint density at radius 2 is 2.06 bits per heavy atom. The van der Waals surface area contributed by atoms with Gasteiger partial charge in [-0.25, -0.2) is 0 Å². The number of nitrogens with zero attached hydrogens (tertiary/aromatic N) is 1. The van der Waals surface area contributed by atoms with Gasteiger partial charge in [0, 0.05) is 24.1 Å². The van der Waals surface area contributed by atoms with E-state index in [1.807, 2.05) is 0 Å². The summed E-state index contributed by atoms with van der Waals surface area (Å²) < 4.78 is 1.23. The molecule has 2 nitrogen and oxygen atoms in total. The average Bonchev–Trinajstić information content (AvgIpc) is 2.83. The molecule has 1 fully saturated rings. The maximum atomic E-state index is 3.70. The molecule has 0 aliphatic carbocycles. The highest BCUT2D eigenvalue weighted by atomic mass is 79.9. The third-order valence-electron chi connectivity index (χ3n) is 3.21. The second-order valence-electron chi connectivity index (χ2n) is 4.66. The zero-order valence-corrected chi connectivity index (χ0v) is 12.1. The van der Waals surface area contributed by atoms with Crippen LogP contribution in [0.4, 0.5) is 5.69 Å². The third-order valence-corrected chi connectivity index (χ3v) is 3.85. The van der Waals surface area contributed by atoms with Gasteiger partial charge in [0.2, 0.25) is 0 Å².